The van der Waals surface area contributed by atoms with Crippen LogP contribution in [0.1, 0.15) is 11.7 Å². The zero-order chi connectivity index (χ0) is 10.1. The van der Waals surface area contributed by atoms with E-state index in [4.69, 9.17) is 5.11 Å². The number of aliphatic hydroxyl groups is 1. The molecule has 0 aliphatic heterocycles. The highest BCUT2D eigenvalue weighted by atomic mass is 79.9. The van der Waals surface area contributed by atoms with Crippen LogP contribution in [0.3, 0.4) is 0 Å². The summed E-state index contributed by atoms with van der Waals surface area (Å²) in [6.07, 6.45) is -4.81. The van der Waals surface area contributed by atoms with Gasteiger partial charge in [-0.25, -0.2) is 0 Å². The molecule has 1 aromatic heterocycles. The summed E-state index contributed by atoms with van der Waals surface area (Å²) in [4.78, 5) is 3.51. The summed E-state index contributed by atoms with van der Waals surface area (Å²) in [7, 11) is 0. The first-order valence-electron chi connectivity index (χ1n) is 3.26. The van der Waals surface area contributed by atoms with Crippen molar-refractivity contribution in [2.45, 2.75) is 12.3 Å². The summed E-state index contributed by atoms with van der Waals surface area (Å²) in [6, 6.07) is 1.17. The smallest absolute Gasteiger partial charge is 0.379 e. The van der Waals surface area contributed by atoms with Crippen molar-refractivity contribution in [3.05, 3.63) is 28.5 Å². The summed E-state index contributed by atoms with van der Waals surface area (Å²) >= 11 is 2.96. The quantitative estimate of drug-likeness (QED) is 0.837. The molecular formula is C7H5BrF3NO. The van der Waals surface area contributed by atoms with E-state index in [0.29, 0.717) is 4.47 Å². The van der Waals surface area contributed by atoms with Crippen LogP contribution in [0.2, 0.25) is 0 Å². The Hall–Kier alpha value is -0.620. The molecule has 2 nitrogen and oxygen atoms in total. The molecule has 0 aliphatic rings. The number of pyridine rings is 1. The minimum absolute atomic E-state index is 0.276. The van der Waals surface area contributed by atoms with Gasteiger partial charge in [0.25, 0.3) is 0 Å². The molecule has 0 radical (unpaired) electrons. The fraction of sp³-hybridized carbons (Fsp3) is 0.286. The SMILES string of the molecule is OC(c1cncc(Br)c1)C(F)(F)F. The van der Waals surface area contributed by atoms with Gasteiger partial charge < -0.3 is 5.11 Å². The molecule has 0 saturated carbocycles. The van der Waals surface area contributed by atoms with Gasteiger partial charge in [0, 0.05) is 22.4 Å². The van der Waals surface area contributed by atoms with E-state index >= 15 is 0 Å². The monoisotopic (exact) mass is 255 g/mol. The minimum atomic E-state index is -4.65. The highest BCUT2D eigenvalue weighted by Gasteiger charge is 2.39. The maximum absolute atomic E-state index is 12.0. The number of aliphatic hydroxyl groups excluding tert-OH is 1. The zero-order valence-corrected chi connectivity index (χ0v) is 7.80. The standard InChI is InChI=1S/C7H5BrF3NO/c8-5-1-4(2-12-3-5)6(13)7(9,10)11/h1-3,6,13H. The van der Waals surface area contributed by atoms with Gasteiger partial charge in [-0.3, -0.25) is 4.98 Å². The van der Waals surface area contributed by atoms with Crippen LogP contribution in [0.25, 0.3) is 0 Å². The molecule has 0 saturated heterocycles. The first-order valence-corrected chi connectivity index (χ1v) is 4.06. The van der Waals surface area contributed by atoms with Crippen LogP contribution in [-0.4, -0.2) is 16.3 Å². The topological polar surface area (TPSA) is 33.1 Å². The molecule has 0 fully saturated rings. The van der Waals surface area contributed by atoms with Crippen LogP contribution in [0.15, 0.2) is 22.9 Å². The summed E-state index contributed by atoms with van der Waals surface area (Å²) < 4.78 is 36.3. The molecule has 1 unspecified atom stereocenters. The van der Waals surface area contributed by atoms with Gasteiger partial charge >= 0.3 is 6.18 Å². The van der Waals surface area contributed by atoms with Gasteiger partial charge in [-0.2, -0.15) is 13.2 Å². The number of alkyl halides is 3. The van der Waals surface area contributed by atoms with Crippen LogP contribution in [0.4, 0.5) is 13.2 Å². The van der Waals surface area contributed by atoms with Gasteiger partial charge in [-0.1, -0.05) is 0 Å². The largest absolute Gasteiger partial charge is 0.418 e. The van der Waals surface area contributed by atoms with Gasteiger partial charge in [0.2, 0.25) is 0 Å². The molecule has 72 valence electrons. The lowest BCUT2D eigenvalue weighted by molar-refractivity contribution is -0.206. The third-order valence-electron chi connectivity index (χ3n) is 1.35. The van der Waals surface area contributed by atoms with Crippen molar-refractivity contribution in [3.8, 4) is 0 Å². The maximum Gasteiger partial charge on any atom is 0.418 e. The summed E-state index contributed by atoms with van der Waals surface area (Å²) in [5.41, 5.74) is -0.276. The fourth-order valence-corrected chi connectivity index (χ4v) is 1.15. The molecule has 1 N–H and O–H groups in total. The second-order valence-electron chi connectivity index (χ2n) is 2.38. The number of rotatable bonds is 1. The Balaban J connectivity index is 2.96. The highest BCUT2D eigenvalue weighted by molar-refractivity contribution is 9.10. The molecule has 1 aromatic rings. The molecule has 0 aromatic carbocycles. The number of hydrogen-bond donors (Lipinski definition) is 1. The molecule has 0 spiro atoms. The Bertz CT molecular complexity index is 302. The van der Waals surface area contributed by atoms with E-state index in [1.807, 2.05) is 0 Å². The van der Waals surface area contributed by atoms with Gasteiger partial charge in [0.05, 0.1) is 0 Å². The average molecular weight is 256 g/mol. The Morgan fingerprint density at radius 2 is 2.00 bits per heavy atom. The van der Waals surface area contributed by atoms with Crippen LogP contribution < -0.4 is 0 Å². The predicted octanol–water partition coefficient (Wildman–Crippen LogP) is 2.44. The van der Waals surface area contributed by atoms with E-state index in [2.05, 4.69) is 20.9 Å². The molecule has 0 amide bonds. The third-order valence-corrected chi connectivity index (χ3v) is 1.79. The predicted molar refractivity (Wildman–Crippen MR) is 43.0 cm³/mol. The van der Waals surface area contributed by atoms with Crippen molar-refractivity contribution in [1.82, 2.24) is 4.98 Å². The Labute approximate surface area is 80.5 Å². The van der Waals surface area contributed by atoms with Crippen molar-refractivity contribution in [2.75, 3.05) is 0 Å². The van der Waals surface area contributed by atoms with Gasteiger partial charge in [0.15, 0.2) is 6.10 Å². The van der Waals surface area contributed by atoms with Gasteiger partial charge in [-0.15, -0.1) is 0 Å². The van der Waals surface area contributed by atoms with E-state index < -0.39 is 12.3 Å². The van der Waals surface area contributed by atoms with Crippen molar-refractivity contribution in [2.24, 2.45) is 0 Å². The van der Waals surface area contributed by atoms with E-state index in [-0.39, 0.29) is 5.56 Å². The molecule has 13 heavy (non-hydrogen) atoms. The van der Waals surface area contributed by atoms with Gasteiger partial charge in [0.1, 0.15) is 0 Å². The second-order valence-corrected chi connectivity index (χ2v) is 3.30. The fourth-order valence-electron chi connectivity index (χ4n) is 0.767. The summed E-state index contributed by atoms with van der Waals surface area (Å²) in [5, 5.41) is 8.80. The third kappa shape index (κ3) is 2.67. The van der Waals surface area contributed by atoms with E-state index in [1.165, 1.54) is 12.3 Å². The summed E-state index contributed by atoms with van der Waals surface area (Å²) in [6.45, 7) is 0. The Kier molecular flexibility index (Phi) is 2.92. The second kappa shape index (κ2) is 3.63. The van der Waals surface area contributed by atoms with Crippen molar-refractivity contribution in [1.29, 1.82) is 0 Å². The Morgan fingerprint density at radius 1 is 1.38 bits per heavy atom. The molecule has 6 heteroatoms. The van der Waals surface area contributed by atoms with Crippen LogP contribution in [0, 0.1) is 0 Å². The lowest BCUT2D eigenvalue weighted by Gasteiger charge is -2.14. The molecule has 1 heterocycles. The van der Waals surface area contributed by atoms with E-state index in [0.717, 1.165) is 6.20 Å². The van der Waals surface area contributed by atoms with Crippen molar-refractivity contribution >= 4 is 15.9 Å². The Morgan fingerprint density at radius 3 is 2.46 bits per heavy atom. The number of aromatic nitrogens is 1. The normalized spacial score (nSPS) is 14.2. The molecule has 0 aliphatic carbocycles. The van der Waals surface area contributed by atoms with Crippen molar-refractivity contribution in [3.63, 3.8) is 0 Å². The van der Waals surface area contributed by atoms with E-state index in [9.17, 15) is 13.2 Å². The van der Waals surface area contributed by atoms with E-state index in [1.54, 1.807) is 0 Å². The van der Waals surface area contributed by atoms with Crippen LogP contribution >= 0.6 is 15.9 Å². The molecule has 1 rings (SSSR count). The van der Waals surface area contributed by atoms with Gasteiger partial charge in [-0.05, 0) is 22.0 Å². The number of halogens is 4. The zero-order valence-electron chi connectivity index (χ0n) is 6.22. The van der Waals surface area contributed by atoms with Crippen molar-refractivity contribution < 1.29 is 18.3 Å². The summed E-state index contributed by atoms with van der Waals surface area (Å²) in [5.74, 6) is 0. The first-order chi connectivity index (χ1) is 5.91. The average Bonchev–Trinajstić information content (AvgIpc) is 2.01. The molecule has 1 atom stereocenters. The van der Waals surface area contributed by atoms with Crippen LogP contribution in [-0.2, 0) is 0 Å². The maximum atomic E-state index is 12.0. The number of hydrogen-bond acceptors (Lipinski definition) is 2. The lowest BCUT2D eigenvalue weighted by atomic mass is 10.1. The lowest BCUT2D eigenvalue weighted by Crippen LogP contribution is -2.20. The number of nitrogens with zero attached hydrogens (tertiary/aromatic N) is 1. The minimum Gasteiger partial charge on any atom is -0.379 e. The van der Waals surface area contributed by atoms with Crippen LogP contribution in [0.5, 0.6) is 0 Å². The first kappa shape index (κ1) is 10.5. The molecular weight excluding hydrogens is 251 g/mol. The molecule has 0 bridgehead atoms. The highest BCUT2D eigenvalue weighted by Crippen LogP contribution is 2.32.